The smallest absolute Gasteiger partial charge is 0.231 e. The molecule has 0 saturated carbocycles. The first-order chi connectivity index (χ1) is 12.2. The standard InChI is InChI=1S/C17H18FN7/c18-13-1-3-14(4-2-13)22-17-23-15(11-16(24-17)25-19)21-10-7-12-5-8-20-9-6-12/h1-6,8-9,11H,7,10,19H2,(H3,21,22,23,24,25). The van der Waals surface area contributed by atoms with Crippen LogP contribution >= 0.6 is 0 Å². The van der Waals surface area contributed by atoms with E-state index in [0.29, 0.717) is 29.8 Å². The van der Waals surface area contributed by atoms with E-state index < -0.39 is 0 Å². The molecule has 0 bridgehead atoms. The summed E-state index contributed by atoms with van der Waals surface area (Å²) in [5.74, 6) is 6.61. The maximum atomic E-state index is 13.0. The highest BCUT2D eigenvalue weighted by molar-refractivity contribution is 5.58. The van der Waals surface area contributed by atoms with Crippen molar-refractivity contribution in [2.75, 3.05) is 22.6 Å². The molecule has 128 valence electrons. The normalized spacial score (nSPS) is 10.3. The Hall–Kier alpha value is -3.26. The summed E-state index contributed by atoms with van der Waals surface area (Å²) in [7, 11) is 0. The number of nitrogens with one attached hydrogen (secondary N) is 3. The molecule has 0 unspecified atom stereocenters. The lowest BCUT2D eigenvalue weighted by atomic mass is 10.2. The van der Waals surface area contributed by atoms with Crippen molar-refractivity contribution in [3.05, 3.63) is 66.2 Å². The Labute approximate surface area is 144 Å². The summed E-state index contributed by atoms with van der Waals surface area (Å²) in [6.45, 7) is 0.695. The van der Waals surface area contributed by atoms with Crippen LogP contribution in [0.5, 0.6) is 0 Å². The van der Waals surface area contributed by atoms with E-state index in [1.807, 2.05) is 12.1 Å². The van der Waals surface area contributed by atoms with Crippen LogP contribution in [0.15, 0.2) is 54.9 Å². The molecule has 0 aliphatic rings. The molecule has 0 radical (unpaired) electrons. The number of pyridine rings is 1. The highest BCUT2D eigenvalue weighted by atomic mass is 19.1. The summed E-state index contributed by atoms with van der Waals surface area (Å²) in [6, 6.07) is 11.6. The molecule has 0 saturated heterocycles. The predicted octanol–water partition coefficient (Wildman–Crippen LogP) is 2.69. The molecule has 0 spiro atoms. The van der Waals surface area contributed by atoms with Gasteiger partial charge in [0.05, 0.1) is 0 Å². The quantitative estimate of drug-likeness (QED) is 0.388. The van der Waals surface area contributed by atoms with Crippen molar-refractivity contribution in [3.63, 3.8) is 0 Å². The summed E-state index contributed by atoms with van der Waals surface area (Å²) in [6.07, 6.45) is 4.36. The van der Waals surface area contributed by atoms with Crippen molar-refractivity contribution >= 4 is 23.3 Å². The minimum absolute atomic E-state index is 0.303. The zero-order chi connectivity index (χ0) is 17.5. The largest absolute Gasteiger partial charge is 0.370 e. The van der Waals surface area contributed by atoms with Gasteiger partial charge < -0.3 is 16.1 Å². The summed E-state index contributed by atoms with van der Waals surface area (Å²) in [4.78, 5) is 12.6. The van der Waals surface area contributed by atoms with Gasteiger partial charge in [-0.05, 0) is 48.4 Å². The highest BCUT2D eigenvalue weighted by Gasteiger charge is 2.05. The molecule has 25 heavy (non-hydrogen) atoms. The Morgan fingerprint density at radius 3 is 2.40 bits per heavy atom. The fourth-order valence-corrected chi connectivity index (χ4v) is 2.21. The maximum absolute atomic E-state index is 13.0. The third-order valence-corrected chi connectivity index (χ3v) is 3.44. The zero-order valence-electron chi connectivity index (χ0n) is 13.4. The van der Waals surface area contributed by atoms with Gasteiger partial charge in [0.1, 0.15) is 17.5 Å². The second-order valence-corrected chi connectivity index (χ2v) is 5.27. The Morgan fingerprint density at radius 1 is 0.960 bits per heavy atom. The van der Waals surface area contributed by atoms with E-state index in [1.54, 1.807) is 30.6 Å². The first-order valence-electron chi connectivity index (χ1n) is 7.74. The predicted molar refractivity (Wildman–Crippen MR) is 96.0 cm³/mol. The van der Waals surface area contributed by atoms with E-state index in [4.69, 9.17) is 5.84 Å². The SMILES string of the molecule is NNc1cc(NCCc2ccncc2)nc(Nc2ccc(F)cc2)n1. The lowest BCUT2D eigenvalue weighted by molar-refractivity contribution is 0.628. The van der Waals surface area contributed by atoms with Gasteiger partial charge in [-0.2, -0.15) is 9.97 Å². The third-order valence-electron chi connectivity index (χ3n) is 3.44. The van der Waals surface area contributed by atoms with Crippen LogP contribution in [0, 0.1) is 5.82 Å². The van der Waals surface area contributed by atoms with Gasteiger partial charge in [-0.15, -0.1) is 0 Å². The van der Waals surface area contributed by atoms with Gasteiger partial charge in [-0.3, -0.25) is 4.98 Å². The van der Waals surface area contributed by atoms with Crippen LogP contribution in [-0.4, -0.2) is 21.5 Å². The highest BCUT2D eigenvalue weighted by Crippen LogP contribution is 2.18. The first-order valence-corrected chi connectivity index (χ1v) is 7.74. The second-order valence-electron chi connectivity index (χ2n) is 5.27. The van der Waals surface area contributed by atoms with Crippen molar-refractivity contribution in [3.8, 4) is 0 Å². The molecule has 8 heteroatoms. The third kappa shape index (κ3) is 4.85. The molecule has 0 amide bonds. The van der Waals surface area contributed by atoms with Crippen LogP contribution < -0.4 is 21.9 Å². The molecular weight excluding hydrogens is 321 g/mol. The molecule has 3 aromatic rings. The van der Waals surface area contributed by atoms with E-state index in [1.165, 1.54) is 17.7 Å². The molecule has 2 aromatic heterocycles. The Balaban J connectivity index is 1.67. The number of hydrazine groups is 1. The van der Waals surface area contributed by atoms with Crippen LogP contribution in [0.2, 0.25) is 0 Å². The second kappa shape index (κ2) is 8.02. The molecule has 1 aromatic carbocycles. The number of nitrogen functional groups attached to an aromatic ring is 1. The topological polar surface area (TPSA) is 101 Å². The number of nitrogens with two attached hydrogens (primary N) is 1. The Kier molecular flexibility index (Phi) is 5.32. The maximum Gasteiger partial charge on any atom is 0.231 e. The fraction of sp³-hybridized carbons (Fsp3) is 0.118. The van der Waals surface area contributed by atoms with Crippen molar-refractivity contribution in [1.82, 2.24) is 15.0 Å². The van der Waals surface area contributed by atoms with Crippen molar-refractivity contribution in [2.45, 2.75) is 6.42 Å². The number of hydrogen-bond acceptors (Lipinski definition) is 7. The van der Waals surface area contributed by atoms with Crippen LogP contribution in [-0.2, 0) is 6.42 Å². The molecule has 0 aliphatic carbocycles. The fourth-order valence-electron chi connectivity index (χ4n) is 2.21. The van der Waals surface area contributed by atoms with E-state index in [9.17, 15) is 4.39 Å². The van der Waals surface area contributed by atoms with Gasteiger partial charge in [0.15, 0.2) is 0 Å². The van der Waals surface area contributed by atoms with Gasteiger partial charge >= 0.3 is 0 Å². The first kappa shape index (κ1) is 16.6. The molecule has 0 aliphatic heterocycles. The Bertz CT molecular complexity index is 809. The monoisotopic (exact) mass is 339 g/mol. The zero-order valence-corrected chi connectivity index (χ0v) is 13.4. The van der Waals surface area contributed by atoms with Gasteiger partial charge in [0.2, 0.25) is 5.95 Å². The summed E-state index contributed by atoms with van der Waals surface area (Å²) < 4.78 is 13.0. The van der Waals surface area contributed by atoms with Crippen molar-refractivity contribution < 1.29 is 4.39 Å². The molecule has 2 heterocycles. The van der Waals surface area contributed by atoms with Crippen LogP contribution in [0.4, 0.5) is 27.7 Å². The molecular formula is C17H18FN7. The van der Waals surface area contributed by atoms with Gasteiger partial charge in [-0.1, -0.05) is 0 Å². The van der Waals surface area contributed by atoms with E-state index >= 15 is 0 Å². The lowest BCUT2D eigenvalue weighted by Gasteiger charge is -2.11. The molecule has 5 N–H and O–H groups in total. The summed E-state index contributed by atoms with van der Waals surface area (Å²) >= 11 is 0. The van der Waals surface area contributed by atoms with Crippen molar-refractivity contribution in [2.24, 2.45) is 5.84 Å². The van der Waals surface area contributed by atoms with Crippen LogP contribution in [0.1, 0.15) is 5.56 Å². The lowest BCUT2D eigenvalue weighted by Crippen LogP contribution is -2.13. The summed E-state index contributed by atoms with van der Waals surface area (Å²) in [5.41, 5.74) is 4.37. The molecule has 7 nitrogen and oxygen atoms in total. The number of anilines is 4. The van der Waals surface area contributed by atoms with E-state index in [2.05, 4.69) is 31.0 Å². The molecule has 0 atom stereocenters. The Morgan fingerprint density at radius 2 is 1.68 bits per heavy atom. The van der Waals surface area contributed by atoms with Crippen molar-refractivity contribution in [1.29, 1.82) is 0 Å². The van der Waals surface area contributed by atoms with Gasteiger partial charge in [0, 0.05) is 30.7 Å². The number of nitrogens with zero attached hydrogens (tertiary/aromatic N) is 3. The average Bonchev–Trinajstić information content (AvgIpc) is 2.64. The van der Waals surface area contributed by atoms with Crippen LogP contribution in [0.3, 0.4) is 0 Å². The van der Waals surface area contributed by atoms with E-state index in [-0.39, 0.29) is 5.82 Å². The molecule has 0 fully saturated rings. The molecule has 3 rings (SSSR count). The minimum atomic E-state index is -0.303. The number of rotatable bonds is 7. The van der Waals surface area contributed by atoms with Gasteiger partial charge in [-0.25, -0.2) is 10.2 Å². The van der Waals surface area contributed by atoms with Gasteiger partial charge in [0.25, 0.3) is 0 Å². The van der Waals surface area contributed by atoms with Crippen LogP contribution in [0.25, 0.3) is 0 Å². The number of hydrogen-bond donors (Lipinski definition) is 4. The number of halogens is 1. The average molecular weight is 339 g/mol. The minimum Gasteiger partial charge on any atom is -0.370 e. The van der Waals surface area contributed by atoms with E-state index in [0.717, 1.165) is 6.42 Å². The number of benzene rings is 1. The number of aromatic nitrogens is 3. The summed E-state index contributed by atoms with van der Waals surface area (Å²) in [5, 5.41) is 6.26.